The van der Waals surface area contributed by atoms with Gasteiger partial charge in [0.2, 0.25) is 10.0 Å². The van der Waals surface area contributed by atoms with Crippen LogP contribution in [0.2, 0.25) is 0 Å². The molecule has 1 aromatic rings. The summed E-state index contributed by atoms with van der Waals surface area (Å²) >= 11 is 3.23. The van der Waals surface area contributed by atoms with Gasteiger partial charge in [0.15, 0.2) is 0 Å². The molecular formula is C11H12BrNO2S. The maximum atomic E-state index is 11.8. The third-order valence-corrected chi connectivity index (χ3v) is 3.78. The summed E-state index contributed by atoms with van der Waals surface area (Å²) in [5.74, 6) is 5.51. The zero-order valence-corrected chi connectivity index (χ0v) is 11.2. The van der Waals surface area contributed by atoms with Crippen molar-refractivity contribution in [1.29, 1.82) is 0 Å². The topological polar surface area (TPSA) is 46.2 Å². The molecule has 16 heavy (non-hydrogen) atoms. The molecular weight excluding hydrogens is 290 g/mol. The van der Waals surface area contributed by atoms with Crippen LogP contribution in [-0.2, 0) is 10.0 Å². The Labute approximate surface area is 104 Å². The number of sulfonamides is 1. The van der Waals surface area contributed by atoms with E-state index in [1.54, 1.807) is 31.2 Å². The fourth-order valence-electron chi connectivity index (χ4n) is 1.09. The lowest BCUT2D eigenvalue weighted by atomic mass is 10.4. The number of rotatable bonds is 4. The van der Waals surface area contributed by atoms with Crippen LogP contribution in [0, 0.1) is 11.8 Å². The first-order valence-corrected chi connectivity index (χ1v) is 6.99. The van der Waals surface area contributed by atoms with Gasteiger partial charge in [-0.3, -0.25) is 0 Å². The third-order valence-electron chi connectivity index (χ3n) is 1.83. The molecule has 0 aromatic heterocycles. The van der Waals surface area contributed by atoms with E-state index in [1.165, 1.54) is 0 Å². The molecule has 0 atom stereocenters. The van der Waals surface area contributed by atoms with E-state index in [1.807, 2.05) is 0 Å². The van der Waals surface area contributed by atoms with Gasteiger partial charge in [0, 0.05) is 17.4 Å². The van der Waals surface area contributed by atoms with Crippen molar-refractivity contribution in [3.05, 3.63) is 28.7 Å². The minimum Gasteiger partial charge on any atom is -0.210 e. The monoisotopic (exact) mass is 301 g/mol. The Hall–Kier alpha value is -0.830. The van der Waals surface area contributed by atoms with E-state index in [0.29, 0.717) is 13.0 Å². The van der Waals surface area contributed by atoms with Gasteiger partial charge in [-0.25, -0.2) is 13.1 Å². The Kier molecular flexibility index (Phi) is 5.00. The van der Waals surface area contributed by atoms with Gasteiger partial charge in [-0.2, -0.15) is 0 Å². The summed E-state index contributed by atoms with van der Waals surface area (Å²) in [5.41, 5.74) is 0. The van der Waals surface area contributed by atoms with Crippen molar-refractivity contribution < 1.29 is 8.42 Å². The van der Waals surface area contributed by atoms with Gasteiger partial charge in [-0.15, -0.1) is 11.8 Å². The first-order chi connectivity index (χ1) is 7.56. The van der Waals surface area contributed by atoms with Gasteiger partial charge in [0.1, 0.15) is 0 Å². The van der Waals surface area contributed by atoms with Crippen LogP contribution in [0.1, 0.15) is 13.3 Å². The van der Waals surface area contributed by atoms with Gasteiger partial charge in [-0.05, 0) is 25.1 Å². The lowest BCUT2D eigenvalue weighted by Gasteiger charge is -2.05. The Morgan fingerprint density at radius 3 is 2.81 bits per heavy atom. The molecule has 0 aliphatic carbocycles. The number of benzene rings is 1. The van der Waals surface area contributed by atoms with E-state index in [9.17, 15) is 8.42 Å². The van der Waals surface area contributed by atoms with Crippen LogP contribution in [0.25, 0.3) is 0 Å². The third kappa shape index (κ3) is 3.97. The van der Waals surface area contributed by atoms with E-state index in [0.717, 1.165) is 4.47 Å². The highest BCUT2D eigenvalue weighted by molar-refractivity contribution is 9.10. The predicted molar refractivity (Wildman–Crippen MR) is 67.4 cm³/mol. The van der Waals surface area contributed by atoms with Gasteiger partial charge >= 0.3 is 0 Å². The normalized spacial score (nSPS) is 10.6. The second-order valence-corrected chi connectivity index (χ2v) is 5.71. The fraction of sp³-hybridized carbons (Fsp3) is 0.273. The zero-order chi connectivity index (χ0) is 12.0. The quantitative estimate of drug-likeness (QED) is 0.684. The number of halogens is 1. The maximum Gasteiger partial charge on any atom is 0.240 e. The van der Waals surface area contributed by atoms with E-state index < -0.39 is 10.0 Å². The Bertz CT molecular complexity index is 514. The van der Waals surface area contributed by atoms with Gasteiger partial charge in [0.05, 0.1) is 4.90 Å². The van der Waals surface area contributed by atoms with Crippen LogP contribution in [-0.4, -0.2) is 15.0 Å². The summed E-state index contributed by atoms with van der Waals surface area (Å²) in [4.78, 5) is 0.256. The van der Waals surface area contributed by atoms with E-state index >= 15 is 0 Å². The summed E-state index contributed by atoms with van der Waals surface area (Å²) in [6, 6.07) is 6.58. The smallest absolute Gasteiger partial charge is 0.210 e. The molecule has 0 radical (unpaired) electrons. The first-order valence-electron chi connectivity index (χ1n) is 4.71. The molecule has 0 heterocycles. The molecule has 0 fully saturated rings. The lowest BCUT2D eigenvalue weighted by Crippen LogP contribution is -2.24. The fourth-order valence-corrected chi connectivity index (χ4v) is 2.72. The second kappa shape index (κ2) is 6.04. The molecule has 5 heteroatoms. The van der Waals surface area contributed by atoms with Crippen LogP contribution in [0.3, 0.4) is 0 Å². The Morgan fingerprint density at radius 1 is 1.44 bits per heavy atom. The molecule has 0 spiro atoms. The van der Waals surface area contributed by atoms with Crippen LogP contribution >= 0.6 is 15.9 Å². The molecule has 0 saturated carbocycles. The highest BCUT2D eigenvalue weighted by Crippen LogP contribution is 2.15. The molecule has 1 aromatic carbocycles. The largest absolute Gasteiger partial charge is 0.240 e. The van der Waals surface area contributed by atoms with Crippen molar-refractivity contribution >= 4 is 26.0 Å². The van der Waals surface area contributed by atoms with Crippen molar-refractivity contribution in [2.75, 3.05) is 6.54 Å². The average molecular weight is 302 g/mol. The Morgan fingerprint density at radius 2 is 2.19 bits per heavy atom. The number of nitrogens with one attached hydrogen (secondary N) is 1. The van der Waals surface area contributed by atoms with E-state index in [-0.39, 0.29) is 4.90 Å². The minimum absolute atomic E-state index is 0.256. The van der Waals surface area contributed by atoms with E-state index in [2.05, 4.69) is 32.5 Å². The summed E-state index contributed by atoms with van der Waals surface area (Å²) in [7, 11) is -3.41. The molecule has 1 rings (SSSR count). The highest BCUT2D eigenvalue weighted by atomic mass is 79.9. The number of hydrogen-bond donors (Lipinski definition) is 1. The molecule has 0 unspecified atom stereocenters. The summed E-state index contributed by atoms with van der Waals surface area (Å²) in [6.45, 7) is 2.05. The van der Waals surface area contributed by atoms with Crippen molar-refractivity contribution in [3.63, 3.8) is 0 Å². The molecule has 86 valence electrons. The van der Waals surface area contributed by atoms with E-state index in [4.69, 9.17) is 0 Å². The van der Waals surface area contributed by atoms with Crippen molar-refractivity contribution in [3.8, 4) is 11.8 Å². The van der Waals surface area contributed by atoms with Crippen molar-refractivity contribution in [2.24, 2.45) is 0 Å². The van der Waals surface area contributed by atoms with Gasteiger partial charge in [-0.1, -0.05) is 22.0 Å². The molecule has 0 amide bonds. The molecule has 0 saturated heterocycles. The summed E-state index contributed by atoms with van der Waals surface area (Å²) in [5, 5.41) is 0. The zero-order valence-electron chi connectivity index (χ0n) is 8.83. The average Bonchev–Trinajstić information content (AvgIpc) is 2.24. The first kappa shape index (κ1) is 13.2. The standard InChI is InChI=1S/C11H12BrNO2S/c1-2-3-4-8-13-16(14,15)11-7-5-6-10(12)9-11/h5-7,9,13H,4,8H2,1H3. The highest BCUT2D eigenvalue weighted by Gasteiger charge is 2.12. The van der Waals surface area contributed by atoms with Crippen molar-refractivity contribution in [2.45, 2.75) is 18.2 Å². The molecule has 0 aliphatic rings. The summed E-state index contributed by atoms with van der Waals surface area (Å²) < 4.78 is 26.8. The van der Waals surface area contributed by atoms with Crippen LogP contribution in [0.15, 0.2) is 33.6 Å². The number of hydrogen-bond acceptors (Lipinski definition) is 2. The molecule has 0 bridgehead atoms. The second-order valence-electron chi connectivity index (χ2n) is 3.03. The molecule has 3 nitrogen and oxygen atoms in total. The Balaban J connectivity index is 2.73. The molecule has 0 aliphatic heterocycles. The predicted octanol–water partition coefficient (Wildman–Crippen LogP) is 2.14. The maximum absolute atomic E-state index is 11.8. The summed E-state index contributed by atoms with van der Waals surface area (Å²) in [6.07, 6.45) is 0.518. The van der Waals surface area contributed by atoms with Gasteiger partial charge in [0.25, 0.3) is 0 Å². The van der Waals surface area contributed by atoms with Crippen molar-refractivity contribution in [1.82, 2.24) is 4.72 Å². The lowest BCUT2D eigenvalue weighted by molar-refractivity contribution is 0.582. The minimum atomic E-state index is -3.41. The van der Waals surface area contributed by atoms with Gasteiger partial charge < -0.3 is 0 Å². The molecule has 1 N–H and O–H groups in total. The van der Waals surface area contributed by atoms with Crippen LogP contribution < -0.4 is 4.72 Å². The SMILES string of the molecule is CC#CCCNS(=O)(=O)c1cccc(Br)c1. The van der Waals surface area contributed by atoms with Crippen LogP contribution in [0.5, 0.6) is 0 Å². The van der Waals surface area contributed by atoms with Crippen LogP contribution in [0.4, 0.5) is 0 Å².